The molecule has 136 valence electrons. The van der Waals surface area contributed by atoms with Gasteiger partial charge in [0, 0.05) is 37.2 Å². The monoisotopic (exact) mass is 341 g/mol. The molecule has 0 radical (unpaired) electrons. The summed E-state index contributed by atoms with van der Waals surface area (Å²) < 4.78 is 8.24. The van der Waals surface area contributed by atoms with Crippen LogP contribution in [0.2, 0.25) is 0 Å². The molecule has 4 rings (SSSR count). The Labute approximate surface area is 151 Å². The standard InChI is InChI=1S/C21H31N3O/c1-3-10-25-20-11-18-8-9-19(12-20)23(18)14-16(2)15-24-21-7-5-4-6-17(21)13-22-24/h4-7,13,16,18-20H,3,8-12,14-15H2,1-2H3. The Bertz CT molecular complexity index is 683. The first-order valence-corrected chi connectivity index (χ1v) is 10.0. The van der Waals surface area contributed by atoms with Crippen LogP contribution in [-0.2, 0) is 11.3 Å². The fourth-order valence-corrected chi connectivity index (χ4v) is 4.83. The van der Waals surface area contributed by atoms with Crippen LogP contribution in [0, 0.1) is 5.92 Å². The zero-order valence-electron chi connectivity index (χ0n) is 15.6. The third-order valence-corrected chi connectivity index (χ3v) is 5.96. The van der Waals surface area contributed by atoms with Crippen molar-refractivity contribution in [3.8, 4) is 0 Å². The molecule has 4 nitrogen and oxygen atoms in total. The molecule has 4 heteroatoms. The molecule has 2 aromatic rings. The highest BCUT2D eigenvalue weighted by atomic mass is 16.5. The van der Waals surface area contributed by atoms with Gasteiger partial charge in [0.2, 0.25) is 0 Å². The molecule has 2 bridgehead atoms. The lowest BCUT2D eigenvalue weighted by atomic mass is 9.98. The molecule has 1 aromatic heterocycles. The predicted octanol–water partition coefficient (Wildman–Crippen LogP) is 4.09. The van der Waals surface area contributed by atoms with E-state index >= 15 is 0 Å². The summed E-state index contributed by atoms with van der Waals surface area (Å²) in [5, 5.41) is 5.85. The van der Waals surface area contributed by atoms with E-state index in [1.807, 2.05) is 6.20 Å². The Kier molecular flexibility index (Phi) is 5.09. The smallest absolute Gasteiger partial charge is 0.0682 e. The summed E-state index contributed by atoms with van der Waals surface area (Å²) in [6.45, 7) is 7.68. The number of rotatable bonds is 7. The van der Waals surface area contributed by atoms with E-state index in [1.54, 1.807) is 0 Å². The lowest BCUT2D eigenvalue weighted by molar-refractivity contribution is -0.0237. The Hall–Kier alpha value is -1.39. The van der Waals surface area contributed by atoms with Gasteiger partial charge in [-0.05, 0) is 44.1 Å². The van der Waals surface area contributed by atoms with Crippen molar-refractivity contribution in [1.82, 2.24) is 14.7 Å². The second-order valence-corrected chi connectivity index (χ2v) is 8.04. The van der Waals surface area contributed by atoms with E-state index in [1.165, 1.54) is 43.1 Å². The first-order valence-electron chi connectivity index (χ1n) is 10.0. The van der Waals surface area contributed by atoms with E-state index < -0.39 is 0 Å². The molecule has 3 atom stereocenters. The summed E-state index contributed by atoms with van der Waals surface area (Å²) in [7, 11) is 0. The first kappa shape index (κ1) is 17.0. The van der Waals surface area contributed by atoms with Gasteiger partial charge in [0.15, 0.2) is 0 Å². The molecule has 0 amide bonds. The molecule has 3 unspecified atom stereocenters. The maximum Gasteiger partial charge on any atom is 0.0682 e. The first-order chi connectivity index (χ1) is 12.2. The maximum absolute atomic E-state index is 6.06. The van der Waals surface area contributed by atoms with E-state index in [2.05, 4.69) is 52.8 Å². The van der Waals surface area contributed by atoms with Crippen molar-refractivity contribution in [2.75, 3.05) is 13.2 Å². The number of hydrogen-bond donors (Lipinski definition) is 0. The van der Waals surface area contributed by atoms with Gasteiger partial charge in [0.1, 0.15) is 0 Å². The molecule has 25 heavy (non-hydrogen) atoms. The van der Waals surface area contributed by atoms with Gasteiger partial charge < -0.3 is 4.74 Å². The summed E-state index contributed by atoms with van der Waals surface area (Å²) >= 11 is 0. The van der Waals surface area contributed by atoms with Gasteiger partial charge in [-0.1, -0.05) is 32.0 Å². The highest BCUT2D eigenvalue weighted by molar-refractivity contribution is 5.78. The van der Waals surface area contributed by atoms with Crippen LogP contribution in [0.25, 0.3) is 10.9 Å². The Morgan fingerprint density at radius 1 is 1.16 bits per heavy atom. The van der Waals surface area contributed by atoms with Crippen LogP contribution in [0.5, 0.6) is 0 Å². The molecule has 2 saturated heterocycles. The molecular formula is C21H31N3O. The molecule has 1 aromatic carbocycles. The highest BCUT2D eigenvalue weighted by Crippen LogP contribution is 2.37. The zero-order chi connectivity index (χ0) is 17.2. The van der Waals surface area contributed by atoms with Crippen molar-refractivity contribution in [2.45, 2.75) is 70.7 Å². The molecule has 0 N–H and O–H groups in total. The van der Waals surface area contributed by atoms with Gasteiger partial charge in [0.25, 0.3) is 0 Å². The highest BCUT2D eigenvalue weighted by Gasteiger charge is 2.41. The number of para-hydroxylation sites is 1. The van der Waals surface area contributed by atoms with Crippen molar-refractivity contribution >= 4 is 10.9 Å². The number of aromatic nitrogens is 2. The number of nitrogens with zero attached hydrogens (tertiary/aromatic N) is 3. The minimum Gasteiger partial charge on any atom is -0.378 e. The maximum atomic E-state index is 6.06. The lowest BCUT2D eigenvalue weighted by Crippen LogP contribution is -2.47. The molecular weight excluding hydrogens is 310 g/mol. The molecule has 0 saturated carbocycles. The minimum atomic E-state index is 0.499. The topological polar surface area (TPSA) is 30.3 Å². The molecule has 3 heterocycles. The summed E-state index contributed by atoms with van der Waals surface area (Å²) in [5.41, 5.74) is 1.25. The number of ether oxygens (including phenoxy) is 1. The van der Waals surface area contributed by atoms with Crippen LogP contribution in [0.1, 0.15) is 46.0 Å². The second kappa shape index (κ2) is 7.46. The van der Waals surface area contributed by atoms with Gasteiger partial charge in [0.05, 0.1) is 17.8 Å². The third kappa shape index (κ3) is 3.61. The van der Waals surface area contributed by atoms with E-state index in [0.717, 1.165) is 31.7 Å². The SMILES string of the molecule is CCCOC1CC2CCC(C1)N2CC(C)Cn1ncc2ccccc21. The summed E-state index contributed by atoms with van der Waals surface area (Å²) in [5.74, 6) is 0.611. The van der Waals surface area contributed by atoms with Crippen LogP contribution in [0.4, 0.5) is 0 Å². The van der Waals surface area contributed by atoms with Crippen molar-refractivity contribution in [2.24, 2.45) is 5.92 Å². The quantitative estimate of drug-likeness (QED) is 0.760. The molecule has 0 aliphatic carbocycles. The van der Waals surface area contributed by atoms with E-state index in [0.29, 0.717) is 12.0 Å². The summed E-state index contributed by atoms with van der Waals surface area (Å²) in [6.07, 6.45) is 8.79. The summed E-state index contributed by atoms with van der Waals surface area (Å²) in [4.78, 5) is 2.78. The fraction of sp³-hybridized carbons (Fsp3) is 0.667. The van der Waals surface area contributed by atoms with Crippen molar-refractivity contribution in [3.05, 3.63) is 30.5 Å². The third-order valence-electron chi connectivity index (χ3n) is 5.96. The van der Waals surface area contributed by atoms with Crippen LogP contribution in [-0.4, -0.2) is 46.0 Å². The van der Waals surface area contributed by atoms with Crippen molar-refractivity contribution < 1.29 is 4.74 Å². The van der Waals surface area contributed by atoms with Gasteiger partial charge >= 0.3 is 0 Å². The zero-order valence-corrected chi connectivity index (χ0v) is 15.6. The van der Waals surface area contributed by atoms with Crippen LogP contribution in [0.15, 0.2) is 30.5 Å². The van der Waals surface area contributed by atoms with Crippen LogP contribution < -0.4 is 0 Å². The number of fused-ring (bicyclic) bond motifs is 3. The average Bonchev–Trinajstić information content (AvgIpc) is 3.11. The average molecular weight is 341 g/mol. The fourth-order valence-electron chi connectivity index (χ4n) is 4.83. The van der Waals surface area contributed by atoms with Gasteiger partial charge in [-0.2, -0.15) is 5.10 Å². The summed E-state index contributed by atoms with van der Waals surface area (Å²) in [6, 6.07) is 9.97. The Morgan fingerprint density at radius 2 is 1.92 bits per heavy atom. The lowest BCUT2D eigenvalue weighted by Gasteiger charge is -2.40. The number of benzene rings is 1. The Morgan fingerprint density at radius 3 is 2.68 bits per heavy atom. The Balaban J connectivity index is 1.36. The number of piperidine rings is 1. The predicted molar refractivity (Wildman–Crippen MR) is 102 cm³/mol. The molecule has 2 aliphatic heterocycles. The van der Waals surface area contributed by atoms with Gasteiger partial charge in [-0.25, -0.2) is 0 Å². The van der Waals surface area contributed by atoms with Crippen LogP contribution >= 0.6 is 0 Å². The van der Waals surface area contributed by atoms with Gasteiger partial charge in [-0.3, -0.25) is 9.58 Å². The van der Waals surface area contributed by atoms with E-state index in [9.17, 15) is 0 Å². The molecule has 2 aliphatic rings. The van der Waals surface area contributed by atoms with Crippen molar-refractivity contribution in [1.29, 1.82) is 0 Å². The van der Waals surface area contributed by atoms with Crippen molar-refractivity contribution in [3.63, 3.8) is 0 Å². The normalized spacial score (nSPS) is 27.8. The van der Waals surface area contributed by atoms with Gasteiger partial charge in [-0.15, -0.1) is 0 Å². The second-order valence-electron chi connectivity index (χ2n) is 8.04. The molecule has 0 spiro atoms. The van der Waals surface area contributed by atoms with Crippen LogP contribution in [0.3, 0.4) is 0 Å². The largest absolute Gasteiger partial charge is 0.378 e. The molecule has 2 fully saturated rings. The number of hydrogen-bond acceptors (Lipinski definition) is 3. The minimum absolute atomic E-state index is 0.499. The van der Waals surface area contributed by atoms with E-state index in [-0.39, 0.29) is 0 Å². The van der Waals surface area contributed by atoms with E-state index in [4.69, 9.17) is 4.74 Å².